The molecule has 4 rings (SSSR count). The van der Waals surface area contributed by atoms with Crippen LogP contribution in [0.5, 0.6) is 5.75 Å². The number of hydrogen-bond donors (Lipinski definition) is 1. The van der Waals surface area contributed by atoms with Crippen molar-refractivity contribution in [2.45, 2.75) is 12.3 Å². The van der Waals surface area contributed by atoms with E-state index in [1.165, 1.54) is 54.9 Å². The monoisotopic (exact) mass is 472 g/mol. The summed E-state index contributed by atoms with van der Waals surface area (Å²) in [4.78, 5) is 28.6. The van der Waals surface area contributed by atoms with E-state index in [1.54, 1.807) is 19.0 Å². The van der Waals surface area contributed by atoms with Gasteiger partial charge >= 0.3 is 0 Å². The average Bonchev–Trinajstić information content (AvgIpc) is 3.19. The Morgan fingerprint density at radius 3 is 2.50 bits per heavy atom. The molecule has 2 aromatic heterocycles. The van der Waals surface area contributed by atoms with Crippen LogP contribution in [0.25, 0.3) is 11.1 Å². The molecule has 0 atom stereocenters. The molecule has 8 nitrogen and oxygen atoms in total. The normalized spacial score (nSPS) is 14.7. The third-order valence-corrected chi connectivity index (χ3v) is 5.40. The molecule has 0 saturated carbocycles. The van der Waals surface area contributed by atoms with Crippen LogP contribution in [0.1, 0.15) is 16.8 Å². The maximum Gasteiger partial charge on any atom is 0.266 e. The van der Waals surface area contributed by atoms with Crippen molar-refractivity contribution in [2.24, 2.45) is 0 Å². The van der Waals surface area contributed by atoms with Gasteiger partial charge in [-0.25, -0.2) is 28.1 Å². The first-order valence-electron chi connectivity index (χ1n) is 10.4. The van der Waals surface area contributed by atoms with Crippen molar-refractivity contribution in [3.05, 3.63) is 54.2 Å². The molecule has 1 N–H and O–H groups in total. The van der Waals surface area contributed by atoms with Gasteiger partial charge in [0, 0.05) is 56.8 Å². The molecular weight excluding hydrogens is 449 g/mol. The predicted molar refractivity (Wildman–Crippen MR) is 122 cm³/mol. The highest BCUT2D eigenvalue weighted by Gasteiger charge is 2.40. The van der Waals surface area contributed by atoms with Crippen LogP contribution in [0.3, 0.4) is 0 Å². The molecular formula is C23H23F3N6O2. The van der Waals surface area contributed by atoms with Gasteiger partial charge in [-0.1, -0.05) is 0 Å². The van der Waals surface area contributed by atoms with Crippen molar-refractivity contribution in [2.75, 3.05) is 49.4 Å². The van der Waals surface area contributed by atoms with Crippen molar-refractivity contribution < 1.29 is 22.7 Å². The molecule has 1 aromatic carbocycles. The number of halogens is 3. The molecule has 1 aliphatic heterocycles. The van der Waals surface area contributed by atoms with Gasteiger partial charge in [-0.3, -0.25) is 4.79 Å². The van der Waals surface area contributed by atoms with Crippen LogP contribution >= 0.6 is 0 Å². The summed E-state index contributed by atoms with van der Waals surface area (Å²) in [6.07, 6.45) is 3.75. The van der Waals surface area contributed by atoms with E-state index in [9.17, 15) is 18.0 Å². The number of rotatable bonds is 6. The van der Waals surface area contributed by atoms with Crippen LogP contribution in [-0.2, 0) is 0 Å². The van der Waals surface area contributed by atoms with E-state index in [0.717, 1.165) is 0 Å². The Morgan fingerprint density at radius 2 is 1.88 bits per heavy atom. The highest BCUT2D eigenvalue weighted by atomic mass is 19.3. The first-order chi connectivity index (χ1) is 16.2. The first kappa shape index (κ1) is 23.3. The van der Waals surface area contributed by atoms with Crippen LogP contribution in [0, 0.1) is 5.82 Å². The molecule has 0 unspecified atom stereocenters. The van der Waals surface area contributed by atoms with Crippen molar-refractivity contribution >= 4 is 23.4 Å². The summed E-state index contributed by atoms with van der Waals surface area (Å²) in [7, 11) is 4.97. The number of ether oxygens (including phenoxy) is 1. The van der Waals surface area contributed by atoms with Crippen molar-refractivity contribution in [1.82, 2.24) is 15.0 Å². The number of methoxy groups -OCH3 is 1. The van der Waals surface area contributed by atoms with E-state index in [4.69, 9.17) is 4.74 Å². The van der Waals surface area contributed by atoms with Crippen molar-refractivity contribution in [1.29, 1.82) is 0 Å². The molecule has 1 saturated heterocycles. The summed E-state index contributed by atoms with van der Waals surface area (Å²) in [6, 6.07) is 5.68. The maximum atomic E-state index is 14.8. The van der Waals surface area contributed by atoms with Gasteiger partial charge < -0.3 is 19.9 Å². The summed E-state index contributed by atoms with van der Waals surface area (Å²) in [5.41, 5.74) is 0.650. The predicted octanol–water partition coefficient (Wildman–Crippen LogP) is 3.85. The van der Waals surface area contributed by atoms with Crippen LogP contribution in [-0.4, -0.2) is 61.1 Å². The number of carbonyl (C=O) groups is 1. The smallest absolute Gasteiger partial charge is 0.266 e. The minimum Gasteiger partial charge on any atom is -0.497 e. The molecule has 0 aliphatic carbocycles. The number of nitrogens with zero attached hydrogens (tertiary/aromatic N) is 5. The molecule has 1 fully saturated rings. The van der Waals surface area contributed by atoms with Gasteiger partial charge in [-0.2, -0.15) is 0 Å². The summed E-state index contributed by atoms with van der Waals surface area (Å²) < 4.78 is 48.0. The quantitative estimate of drug-likeness (QED) is 0.584. The van der Waals surface area contributed by atoms with Crippen LogP contribution in [0.4, 0.5) is 30.6 Å². The number of hydrogen-bond acceptors (Lipinski definition) is 7. The highest BCUT2D eigenvalue weighted by Crippen LogP contribution is 2.40. The van der Waals surface area contributed by atoms with Gasteiger partial charge in [-0.05, 0) is 24.3 Å². The molecule has 178 valence electrons. The molecule has 11 heteroatoms. The fourth-order valence-corrected chi connectivity index (χ4v) is 3.65. The molecule has 1 amide bonds. The Hall–Kier alpha value is -3.89. The second-order valence-electron chi connectivity index (χ2n) is 8.05. The molecule has 1 aliphatic rings. The van der Waals surface area contributed by atoms with E-state index in [0.29, 0.717) is 11.7 Å². The van der Waals surface area contributed by atoms with E-state index in [2.05, 4.69) is 20.3 Å². The van der Waals surface area contributed by atoms with E-state index in [-0.39, 0.29) is 41.2 Å². The van der Waals surface area contributed by atoms with Crippen molar-refractivity contribution in [3.8, 4) is 16.9 Å². The number of pyridine rings is 1. The van der Waals surface area contributed by atoms with Gasteiger partial charge in [0.25, 0.3) is 11.8 Å². The van der Waals surface area contributed by atoms with Gasteiger partial charge in [-0.15, -0.1) is 0 Å². The minimum atomic E-state index is -2.89. The third-order valence-electron chi connectivity index (χ3n) is 5.40. The molecule has 3 aromatic rings. The Kier molecular flexibility index (Phi) is 6.27. The van der Waals surface area contributed by atoms with Gasteiger partial charge in [0.1, 0.15) is 11.6 Å². The largest absolute Gasteiger partial charge is 0.497 e. The van der Waals surface area contributed by atoms with Crippen molar-refractivity contribution in [3.63, 3.8) is 0 Å². The number of aromatic nitrogens is 3. The number of benzene rings is 1. The lowest BCUT2D eigenvalue weighted by Gasteiger charge is -2.23. The summed E-state index contributed by atoms with van der Waals surface area (Å²) in [6.45, 7) is -0.527. The van der Waals surface area contributed by atoms with E-state index in [1.807, 2.05) is 0 Å². The Bertz CT molecular complexity index is 1200. The fraction of sp³-hybridized carbons (Fsp3) is 0.304. The molecule has 0 spiro atoms. The zero-order valence-corrected chi connectivity index (χ0v) is 18.8. The standard InChI is InChI=1S/C23H23F3N6O2/c1-31(2)22-28-11-14(12-29-22)21(33)30-19-16(17-10-15(34-3)4-5-18(17)24)6-8-27-20(19)32-9-7-23(25,26)13-32/h4-6,8,10-12H,7,9,13H2,1-3H3,(H,30,33). The third kappa shape index (κ3) is 4.73. The zero-order chi connectivity index (χ0) is 24.5. The summed E-state index contributed by atoms with van der Waals surface area (Å²) in [5.74, 6) is -3.12. The molecule has 3 heterocycles. The lowest BCUT2D eigenvalue weighted by molar-refractivity contribution is 0.0257. The van der Waals surface area contributed by atoms with E-state index < -0.39 is 24.2 Å². The lowest BCUT2D eigenvalue weighted by Crippen LogP contribution is -2.27. The highest BCUT2D eigenvalue weighted by molar-refractivity contribution is 6.08. The fourth-order valence-electron chi connectivity index (χ4n) is 3.65. The van der Waals surface area contributed by atoms with Crippen LogP contribution in [0.2, 0.25) is 0 Å². The Balaban J connectivity index is 1.79. The number of carbonyl (C=O) groups excluding carboxylic acids is 1. The van der Waals surface area contributed by atoms with Gasteiger partial charge in [0.2, 0.25) is 5.95 Å². The minimum absolute atomic E-state index is 0.0353. The number of amides is 1. The molecule has 0 bridgehead atoms. The second-order valence-corrected chi connectivity index (χ2v) is 8.05. The van der Waals surface area contributed by atoms with Gasteiger partial charge in [0.15, 0.2) is 5.82 Å². The Labute approximate surface area is 194 Å². The summed E-state index contributed by atoms with van der Waals surface area (Å²) >= 11 is 0. The van der Waals surface area contributed by atoms with Crippen LogP contribution < -0.4 is 19.9 Å². The summed E-state index contributed by atoms with van der Waals surface area (Å²) in [5, 5.41) is 2.72. The number of anilines is 3. The zero-order valence-electron chi connectivity index (χ0n) is 18.8. The Morgan fingerprint density at radius 1 is 1.15 bits per heavy atom. The van der Waals surface area contributed by atoms with Crippen LogP contribution in [0.15, 0.2) is 42.9 Å². The van der Waals surface area contributed by atoms with Gasteiger partial charge in [0.05, 0.1) is 24.9 Å². The first-order valence-corrected chi connectivity index (χ1v) is 10.4. The van der Waals surface area contributed by atoms with E-state index >= 15 is 0 Å². The molecule has 34 heavy (non-hydrogen) atoms. The average molecular weight is 472 g/mol. The maximum absolute atomic E-state index is 14.8. The number of alkyl halides is 2. The lowest BCUT2D eigenvalue weighted by atomic mass is 10.0. The SMILES string of the molecule is COc1ccc(F)c(-c2ccnc(N3CCC(F)(F)C3)c2NC(=O)c2cnc(N(C)C)nc2)c1. The topological polar surface area (TPSA) is 83.5 Å². The second kappa shape index (κ2) is 9.16. The molecule has 0 radical (unpaired) electrons. The number of nitrogens with one attached hydrogen (secondary N) is 1.